The summed E-state index contributed by atoms with van der Waals surface area (Å²) < 4.78 is 1.82. The molecule has 0 radical (unpaired) electrons. The molecule has 4 nitrogen and oxygen atoms in total. The fourth-order valence-corrected chi connectivity index (χ4v) is 2.25. The van der Waals surface area contributed by atoms with Crippen LogP contribution in [0.15, 0.2) is 6.20 Å². The molecule has 0 amide bonds. The molecule has 1 fully saturated rings. The van der Waals surface area contributed by atoms with E-state index in [0.717, 1.165) is 6.54 Å². The molecule has 0 bridgehead atoms. The lowest BCUT2D eigenvalue weighted by molar-refractivity contribution is 0.308. The standard InChI is InChI=1S/C11H16N4/c12-6-10-8-15(14-11(10)13)7-9-4-2-1-3-5-9/h8-9H,1-5,7H2,(H2,13,14). The van der Waals surface area contributed by atoms with Crippen LogP contribution in [0.4, 0.5) is 5.82 Å². The Hall–Kier alpha value is -1.50. The van der Waals surface area contributed by atoms with Crippen LogP contribution < -0.4 is 5.73 Å². The first kappa shape index (κ1) is 10.0. The van der Waals surface area contributed by atoms with E-state index in [9.17, 15) is 0 Å². The zero-order valence-corrected chi connectivity index (χ0v) is 8.82. The van der Waals surface area contributed by atoms with Crippen molar-refractivity contribution >= 4 is 5.82 Å². The fraction of sp³-hybridized carbons (Fsp3) is 0.636. The highest BCUT2D eigenvalue weighted by Crippen LogP contribution is 2.25. The van der Waals surface area contributed by atoms with Gasteiger partial charge < -0.3 is 5.73 Å². The van der Waals surface area contributed by atoms with E-state index in [2.05, 4.69) is 5.10 Å². The zero-order chi connectivity index (χ0) is 10.7. The monoisotopic (exact) mass is 204 g/mol. The molecule has 0 aliphatic heterocycles. The molecule has 4 heteroatoms. The summed E-state index contributed by atoms with van der Waals surface area (Å²) in [6.07, 6.45) is 8.33. The fourth-order valence-electron chi connectivity index (χ4n) is 2.25. The second-order valence-electron chi connectivity index (χ2n) is 4.27. The number of hydrogen-bond acceptors (Lipinski definition) is 3. The van der Waals surface area contributed by atoms with Crippen molar-refractivity contribution in [3.63, 3.8) is 0 Å². The van der Waals surface area contributed by atoms with Crippen molar-refractivity contribution in [3.8, 4) is 6.07 Å². The Morgan fingerprint density at radius 2 is 2.20 bits per heavy atom. The number of nitriles is 1. The molecule has 1 aliphatic rings. The lowest BCUT2D eigenvalue weighted by atomic mass is 9.89. The molecule has 80 valence electrons. The second kappa shape index (κ2) is 4.35. The Bertz CT molecular complexity index is 368. The Balaban J connectivity index is 2.01. The van der Waals surface area contributed by atoms with Gasteiger partial charge in [-0.1, -0.05) is 19.3 Å². The highest BCUT2D eigenvalue weighted by molar-refractivity contribution is 5.46. The van der Waals surface area contributed by atoms with E-state index in [1.165, 1.54) is 32.1 Å². The first-order chi connectivity index (χ1) is 7.29. The minimum absolute atomic E-state index is 0.355. The third-order valence-corrected chi connectivity index (χ3v) is 3.08. The molecule has 1 aromatic rings. The van der Waals surface area contributed by atoms with Crippen LogP contribution in [0, 0.1) is 17.2 Å². The molecule has 1 saturated carbocycles. The average molecular weight is 204 g/mol. The summed E-state index contributed by atoms with van der Waals surface area (Å²) in [5, 5.41) is 12.9. The van der Waals surface area contributed by atoms with Crippen molar-refractivity contribution in [2.75, 3.05) is 5.73 Å². The maximum atomic E-state index is 8.75. The number of aromatic nitrogens is 2. The van der Waals surface area contributed by atoms with Crippen LogP contribution >= 0.6 is 0 Å². The van der Waals surface area contributed by atoms with Gasteiger partial charge in [-0.15, -0.1) is 0 Å². The maximum Gasteiger partial charge on any atom is 0.163 e. The number of hydrogen-bond donors (Lipinski definition) is 1. The van der Waals surface area contributed by atoms with E-state index in [1.807, 2.05) is 10.8 Å². The molecule has 1 heterocycles. The minimum Gasteiger partial charge on any atom is -0.381 e. The third kappa shape index (κ3) is 2.30. The number of nitrogen functional groups attached to an aromatic ring is 1. The Morgan fingerprint density at radius 3 is 2.80 bits per heavy atom. The molecule has 15 heavy (non-hydrogen) atoms. The lowest BCUT2D eigenvalue weighted by Crippen LogP contribution is -2.14. The van der Waals surface area contributed by atoms with E-state index in [0.29, 0.717) is 17.3 Å². The summed E-state index contributed by atoms with van der Waals surface area (Å²) in [5.74, 6) is 1.07. The van der Waals surface area contributed by atoms with Gasteiger partial charge in [0.2, 0.25) is 0 Å². The third-order valence-electron chi connectivity index (χ3n) is 3.08. The first-order valence-electron chi connectivity index (χ1n) is 5.52. The van der Waals surface area contributed by atoms with Crippen LogP contribution in [0.2, 0.25) is 0 Å². The summed E-state index contributed by atoms with van der Waals surface area (Å²) >= 11 is 0. The minimum atomic E-state index is 0.355. The van der Waals surface area contributed by atoms with E-state index >= 15 is 0 Å². The van der Waals surface area contributed by atoms with Gasteiger partial charge in [0.25, 0.3) is 0 Å². The van der Waals surface area contributed by atoms with Crippen LogP contribution in [-0.2, 0) is 6.54 Å². The molecule has 1 aromatic heterocycles. The summed E-state index contributed by atoms with van der Waals surface area (Å²) in [6.45, 7) is 0.909. The molecular formula is C11H16N4. The van der Waals surface area contributed by atoms with Crippen molar-refractivity contribution in [3.05, 3.63) is 11.8 Å². The van der Waals surface area contributed by atoms with Gasteiger partial charge in [0.15, 0.2) is 5.82 Å². The molecule has 0 unspecified atom stereocenters. The lowest BCUT2D eigenvalue weighted by Gasteiger charge is -2.21. The van der Waals surface area contributed by atoms with Crippen LogP contribution in [0.3, 0.4) is 0 Å². The van der Waals surface area contributed by atoms with Crippen LogP contribution in [0.5, 0.6) is 0 Å². The summed E-state index contributed by atoms with van der Waals surface area (Å²) in [5.41, 5.74) is 6.09. The van der Waals surface area contributed by atoms with Gasteiger partial charge in [-0.25, -0.2) is 0 Å². The number of nitrogens with zero attached hydrogens (tertiary/aromatic N) is 3. The molecule has 0 spiro atoms. The molecule has 0 saturated heterocycles. The molecule has 2 N–H and O–H groups in total. The van der Waals surface area contributed by atoms with Crippen molar-refractivity contribution < 1.29 is 0 Å². The Labute approximate surface area is 89.7 Å². The maximum absolute atomic E-state index is 8.75. The summed E-state index contributed by atoms with van der Waals surface area (Å²) in [7, 11) is 0. The number of nitrogens with two attached hydrogens (primary N) is 1. The van der Waals surface area contributed by atoms with Crippen LogP contribution in [0.1, 0.15) is 37.7 Å². The van der Waals surface area contributed by atoms with Gasteiger partial charge in [0, 0.05) is 12.7 Å². The van der Waals surface area contributed by atoms with Gasteiger partial charge in [-0.05, 0) is 18.8 Å². The van der Waals surface area contributed by atoms with Gasteiger partial charge in [-0.2, -0.15) is 10.4 Å². The summed E-state index contributed by atoms with van der Waals surface area (Å²) in [4.78, 5) is 0. The zero-order valence-electron chi connectivity index (χ0n) is 8.82. The van der Waals surface area contributed by atoms with Crippen molar-refractivity contribution in [1.29, 1.82) is 5.26 Å². The van der Waals surface area contributed by atoms with Gasteiger partial charge >= 0.3 is 0 Å². The highest BCUT2D eigenvalue weighted by Gasteiger charge is 2.15. The number of anilines is 1. The SMILES string of the molecule is N#Cc1cn(CC2CCCCC2)nc1N. The molecular weight excluding hydrogens is 188 g/mol. The topological polar surface area (TPSA) is 67.6 Å². The molecule has 0 aromatic carbocycles. The van der Waals surface area contributed by atoms with E-state index < -0.39 is 0 Å². The molecule has 1 aliphatic carbocycles. The normalized spacial score (nSPS) is 17.5. The van der Waals surface area contributed by atoms with E-state index in [-0.39, 0.29) is 0 Å². The van der Waals surface area contributed by atoms with Crippen molar-refractivity contribution in [2.24, 2.45) is 5.92 Å². The van der Waals surface area contributed by atoms with Crippen molar-refractivity contribution in [1.82, 2.24) is 9.78 Å². The van der Waals surface area contributed by atoms with Gasteiger partial charge in [-0.3, -0.25) is 4.68 Å². The van der Waals surface area contributed by atoms with E-state index in [1.54, 1.807) is 6.20 Å². The van der Waals surface area contributed by atoms with Gasteiger partial charge in [0.05, 0.1) is 0 Å². The average Bonchev–Trinajstić information content (AvgIpc) is 2.60. The van der Waals surface area contributed by atoms with Gasteiger partial charge in [0.1, 0.15) is 11.6 Å². The van der Waals surface area contributed by atoms with Crippen LogP contribution in [0.25, 0.3) is 0 Å². The predicted molar refractivity (Wildman–Crippen MR) is 57.9 cm³/mol. The molecule has 0 atom stereocenters. The Morgan fingerprint density at radius 1 is 1.47 bits per heavy atom. The quantitative estimate of drug-likeness (QED) is 0.800. The Kier molecular flexibility index (Phi) is 2.91. The largest absolute Gasteiger partial charge is 0.381 e. The van der Waals surface area contributed by atoms with E-state index in [4.69, 9.17) is 11.0 Å². The first-order valence-corrected chi connectivity index (χ1v) is 5.52. The highest BCUT2D eigenvalue weighted by atomic mass is 15.3. The van der Waals surface area contributed by atoms with Crippen LogP contribution in [-0.4, -0.2) is 9.78 Å². The number of rotatable bonds is 2. The smallest absolute Gasteiger partial charge is 0.163 e. The summed E-state index contributed by atoms with van der Waals surface area (Å²) in [6, 6.07) is 2.04. The second-order valence-corrected chi connectivity index (χ2v) is 4.27. The molecule has 2 rings (SSSR count). The predicted octanol–water partition coefficient (Wildman–Crippen LogP) is 1.92. The van der Waals surface area contributed by atoms with Crippen molar-refractivity contribution in [2.45, 2.75) is 38.6 Å².